The van der Waals surface area contributed by atoms with Crippen LogP contribution in [-0.4, -0.2) is 24.5 Å². The largest absolute Gasteiger partial charge is 0.368 e. The van der Waals surface area contributed by atoms with Gasteiger partial charge in [0, 0.05) is 23.4 Å². The lowest BCUT2D eigenvalue weighted by atomic mass is 9.95. The van der Waals surface area contributed by atoms with Gasteiger partial charge in [0.2, 0.25) is 5.91 Å². The summed E-state index contributed by atoms with van der Waals surface area (Å²) in [5.74, 6) is -0.155. The molecule has 1 saturated heterocycles. The number of amides is 2. The maximum Gasteiger partial charge on any atom is 0.253 e. The van der Waals surface area contributed by atoms with Gasteiger partial charge < -0.3 is 15.4 Å². The van der Waals surface area contributed by atoms with Gasteiger partial charge in [0.05, 0.1) is 0 Å². The van der Waals surface area contributed by atoms with E-state index in [2.05, 4.69) is 10.6 Å². The van der Waals surface area contributed by atoms with Gasteiger partial charge in [-0.25, -0.2) is 0 Å². The van der Waals surface area contributed by atoms with Crippen molar-refractivity contribution in [1.82, 2.24) is 0 Å². The lowest BCUT2D eigenvalue weighted by Crippen LogP contribution is -2.28. The third-order valence-electron chi connectivity index (χ3n) is 3.31. The van der Waals surface area contributed by atoms with E-state index in [1.54, 1.807) is 24.3 Å². The topological polar surface area (TPSA) is 67.4 Å². The lowest BCUT2D eigenvalue weighted by molar-refractivity contribution is -0.124. The van der Waals surface area contributed by atoms with Crippen LogP contribution in [-0.2, 0) is 14.3 Å². The zero-order valence-electron chi connectivity index (χ0n) is 12.7. The van der Waals surface area contributed by atoms with Crippen LogP contribution >= 0.6 is 0 Å². The van der Waals surface area contributed by atoms with Crippen molar-refractivity contribution in [1.29, 1.82) is 0 Å². The van der Waals surface area contributed by atoms with E-state index in [-0.39, 0.29) is 17.9 Å². The minimum absolute atomic E-state index is 0.0429. The summed E-state index contributed by atoms with van der Waals surface area (Å²) in [5.41, 5.74) is 0.974. The van der Waals surface area contributed by atoms with Crippen molar-refractivity contribution in [3.05, 3.63) is 24.3 Å². The standard InChI is InChI=1S/C16H22N2O3/c1-16(2,3)15(20)18-12-8-6-11(7-9-12)17-14(19)13-5-4-10-21-13/h6-9,13H,4-5,10H2,1-3H3,(H,17,19)(H,18,20)/t13-/m1/s1. The predicted octanol–water partition coefficient (Wildman–Crippen LogP) is 2.79. The SMILES string of the molecule is CC(C)(C)C(=O)Nc1ccc(NC(=O)[C@H]2CCCO2)cc1. The Morgan fingerprint density at radius 1 is 1.10 bits per heavy atom. The average Bonchev–Trinajstić information content (AvgIpc) is 2.94. The van der Waals surface area contributed by atoms with Crippen molar-refractivity contribution in [3.8, 4) is 0 Å². The van der Waals surface area contributed by atoms with Gasteiger partial charge in [-0.2, -0.15) is 0 Å². The Kier molecular flexibility index (Phi) is 4.63. The van der Waals surface area contributed by atoms with Gasteiger partial charge in [0.25, 0.3) is 5.91 Å². The lowest BCUT2D eigenvalue weighted by Gasteiger charge is -2.18. The van der Waals surface area contributed by atoms with Crippen LogP contribution in [0.1, 0.15) is 33.6 Å². The van der Waals surface area contributed by atoms with Crippen molar-refractivity contribution < 1.29 is 14.3 Å². The highest BCUT2D eigenvalue weighted by molar-refractivity contribution is 5.96. The van der Waals surface area contributed by atoms with Gasteiger partial charge >= 0.3 is 0 Å². The van der Waals surface area contributed by atoms with Gasteiger partial charge in [0.1, 0.15) is 6.10 Å². The van der Waals surface area contributed by atoms with E-state index in [9.17, 15) is 9.59 Å². The highest BCUT2D eigenvalue weighted by Gasteiger charge is 2.23. The van der Waals surface area contributed by atoms with Crippen LogP contribution in [0, 0.1) is 5.41 Å². The first-order valence-corrected chi connectivity index (χ1v) is 7.20. The van der Waals surface area contributed by atoms with Crippen LogP contribution in [0.5, 0.6) is 0 Å². The molecule has 1 aromatic carbocycles. The van der Waals surface area contributed by atoms with Crippen LogP contribution in [0.25, 0.3) is 0 Å². The first-order valence-electron chi connectivity index (χ1n) is 7.20. The summed E-state index contributed by atoms with van der Waals surface area (Å²) in [4.78, 5) is 23.8. The summed E-state index contributed by atoms with van der Waals surface area (Å²) >= 11 is 0. The summed E-state index contributed by atoms with van der Waals surface area (Å²) in [6.07, 6.45) is 1.35. The number of hydrogen-bond acceptors (Lipinski definition) is 3. The summed E-state index contributed by atoms with van der Waals surface area (Å²) in [7, 11) is 0. The highest BCUT2D eigenvalue weighted by atomic mass is 16.5. The number of nitrogens with one attached hydrogen (secondary N) is 2. The Morgan fingerprint density at radius 3 is 2.14 bits per heavy atom. The summed E-state index contributed by atoms with van der Waals surface area (Å²) < 4.78 is 5.33. The normalized spacial score (nSPS) is 18.3. The fourth-order valence-electron chi connectivity index (χ4n) is 1.96. The molecule has 21 heavy (non-hydrogen) atoms. The summed E-state index contributed by atoms with van der Waals surface area (Å²) in [6, 6.07) is 7.08. The number of ether oxygens (including phenoxy) is 1. The Morgan fingerprint density at radius 2 is 1.67 bits per heavy atom. The molecule has 0 spiro atoms. The fraction of sp³-hybridized carbons (Fsp3) is 0.500. The van der Waals surface area contributed by atoms with Crippen molar-refractivity contribution >= 4 is 23.2 Å². The molecule has 1 aliphatic heterocycles. The van der Waals surface area contributed by atoms with E-state index < -0.39 is 5.41 Å². The molecule has 1 heterocycles. The first-order chi connectivity index (χ1) is 9.86. The molecule has 5 heteroatoms. The molecule has 1 atom stereocenters. The Labute approximate surface area is 125 Å². The first kappa shape index (κ1) is 15.5. The number of carbonyl (C=O) groups excluding carboxylic acids is 2. The van der Waals surface area contributed by atoms with Gasteiger partial charge in [-0.1, -0.05) is 20.8 Å². The van der Waals surface area contributed by atoms with Crippen molar-refractivity contribution in [2.24, 2.45) is 5.41 Å². The molecule has 2 amide bonds. The Balaban J connectivity index is 1.92. The van der Waals surface area contributed by atoms with Crippen molar-refractivity contribution in [2.75, 3.05) is 17.2 Å². The molecule has 1 aromatic rings. The van der Waals surface area contributed by atoms with Crippen LogP contribution in [0.15, 0.2) is 24.3 Å². The molecule has 0 radical (unpaired) electrons. The van der Waals surface area contributed by atoms with E-state index in [1.165, 1.54) is 0 Å². The van der Waals surface area contributed by atoms with E-state index in [0.29, 0.717) is 18.0 Å². The molecule has 5 nitrogen and oxygen atoms in total. The smallest absolute Gasteiger partial charge is 0.253 e. The van der Waals surface area contributed by atoms with Crippen LogP contribution in [0.4, 0.5) is 11.4 Å². The number of anilines is 2. The molecule has 0 aromatic heterocycles. The van der Waals surface area contributed by atoms with Gasteiger partial charge in [0.15, 0.2) is 0 Å². The molecule has 1 fully saturated rings. The molecular formula is C16H22N2O3. The molecule has 114 valence electrons. The predicted molar refractivity (Wildman–Crippen MR) is 82.1 cm³/mol. The third kappa shape index (κ3) is 4.29. The Bertz CT molecular complexity index is 511. The quantitative estimate of drug-likeness (QED) is 0.899. The van der Waals surface area contributed by atoms with E-state index in [0.717, 1.165) is 12.8 Å². The second-order valence-corrected chi connectivity index (χ2v) is 6.27. The second-order valence-electron chi connectivity index (χ2n) is 6.27. The molecule has 1 aliphatic rings. The molecule has 0 unspecified atom stereocenters. The highest BCUT2D eigenvalue weighted by Crippen LogP contribution is 2.20. The average molecular weight is 290 g/mol. The number of carbonyl (C=O) groups is 2. The number of benzene rings is 1. The van der Waals surface area contributed by atoms with Gasteiger partial charge in [-0.15, -0.1) is 0 Å². The molecule has 0 bridgehead atoms. The van der Waals surface area contributed by atoms with E-state index in [4.69, 9.17) is 4.74 Å². The number of hydrogen-bond donors (Lipinski definition) is 2. The molecule has 0 aliphatic carbocycles. The minimum Gasteiger partial charge on any atom is -0.368 e. The van der Waals surface area contributed by atoms with Crippen LogP contribution in [0.2, 0.25) is 0 Å². The van der Waals surface area contributed by atoms with Crippen LogP contribution < -0.4 is 10.6 Å². The molecule has 0 saturated carbocycles. The third-order valence-corrected chi connectivity index (χ3v) is 3.31. The monoisotopic (exact) mass is 290 g/mol. The van der Waals surface area contributed by atoms with E-state index >= 15 is 0 Å². The fourth-order valence-corrected chi connectivity index (χ4v) is 1.96. The second kappa shape index (κ2) is 6.26. The van der Waals surface area contributed by atoms with Crippen LogP contribution in [0.3, 0.4) is 0 Å². The van der Waals surface area contributed by atoms with Crippen molar-refractivity contribution in [2.45, 2.75) is 39.7 Å². The molecular weight excluding hydrogens is 268 g/mol. The Hall–Kier alpha value is -1.88. The summed E-state index contributed by atoms with van der Waals surface area (Å²) in [5, 5.41) is 5.66. The van der Waals surface area contributed by atoms with E-state index in [1.807, 2.05) is 20.8 Å². The van der Waals surface area contributed by atoms with Gasteiger partial charge in [-0.05, 0) is 37.1 Å². The molecule has 2 N–H and O–H groups in total. The zero-order chi connectivity index (χ0) is 15.5. The maximum atomic E-state index is 11.9. The number of rotatable bonds is 3. The zero-order valence-corrected chi connectivity index (χ0v) is 12.7. The minimum atomic E-state index is -0.438. The maximum absolute atomic E-state index is 11.9. The van der Waals surface area contributed by atoms with Gasteiger partial charge in [-0.3, -0.25) is 9.59 Å². The van der Waals surface area contributed by atoms with Crippen molar-refractivity contribution in [3.63, 3.8) is 0 Å². The molecule has 2 rings (SSSR count). The summed E-state index contributed by atoms with van der Waals surface area (Å²) in [6.45, 7) is 6.23.